The van der Waals surface area contributed by atoms with Gasteiger partial charge in [-0.1, -0.05) is 30.3 Å². The number of nitrogens with one attached hydrogen (secondary N) is 1. The number of carbonyl (C=O) groups excluding carboxylic acids is 3. The molecule has 0 radical (unpaired) electrons. The van der Waals surface area contributed by atoms with Crippen LogP contribution in [0.25, 0.3) is 0 Å². The molecule has 0 spiro atoms. The second-order valence-corrected chi connectivity index (χ2v) is 7.40. The maximum Gasteiger partial charge on any atom is 0.266 e. The van der Waals surface area contributed by atoms with E-state index in [0.717, 1.165) is 10.5 Å². The standard InChI is InChI=1S/C25H18N4O3/c30-23(18-11-9-17(10-12-18)16-28-14-4-13-26-28)27-19-5-3-6-20(15-19)29-24(31)21-7-1-2-8-22(21)25(29)32/h1-15H,16H2,(H,27,30). The van der Waals surface area contributed by atoms with Gasteiger partial charge in [-0.25, -0.2) is 4.90 Å². The highest BCUT2D eigenvalue weighted by Crippen LogP contribution is 2.29. The lowest BCUT2D eigenvalue weighted by atomic mass is 10.1. The van der Waals surface area contributed by atoms with Crippen LogP contribution in [-0.2, 0) is 6.54 Å². The lowest BCUT2D eigenvalue weighted by molar-refractivity contribution is 0.0925. The minimum atomic E-state index is -0.373. The number of benzene rings is 3. The summed E-state index contributed by atoms with van der Waals surface area (Å²) in [6.45, 7) is 0.622. The first-order valence-corrected chi connectivity index (χ1v) is 10.1. The first kappa shape index (κ1) is 19.4. The van der Waals surface area contributed by atoms with Crippen LogP contribution in [0.15, 0.2) is 91.3 Å². The molecule has 0 saturated heterocycles. The van der Waals surface area contributed by atoms with E-state index in [9.17, 15) is 14.4 Å². The second-order valence-electron chi connectivity index (χ2n) is 7.40. The monoisotopic (exact) mass is 422 g/mol. The molecule has 0 unspecified atom stereocenters. The van der Waals surface area contributed by atoms with Gasteiger partial charge in [0.2, 0.25) is 0 Å². The Balaban J connectivity index is 1.32. The fourth-order valence-electron chi connectivity index (χ4n) is 3.69. The highest BCUT2D eigenvalue weighted by molar-refractivity contribution is 6.34. The molecule has 1 aliphatic heterocycles. The third-order valence-electron chi connectivity index (χ3n) is 5.28. The Morgan fingerprint density at radius 1 is 0.844 bits per heavy atom. The number of imide groups is 1. The number of rotatable bonds is 5. The second kappa shape index (κ2) is 7.96. The van der Waals surface area contributed by atoms with Crippen molar-refractivity contribution in [2.24, 2.45) is 0 Å². The molecule has 3 amide bonds. The zero-order valence-electron chi connectivity index (χ0n) is 16.9. The molecule has 4 aromatic rings. The Morgan fingerprint density at radius 3 is 2.22 bits per heavy atom. The molecular formula is C25H18N4O3. The normalized spacial score (nSPS) is 12.7. The molecule has 0 fully saturated rings. The molecule has 1 N–H and O–H groups in total. The van der Waals surface area contributed by atoms with E-state index in [1.54, 1.807) is 71.5 Å². The van der Waals surface area contributed by atoms with Gasteiger partial charge in [-0.2, -0.15) is 5.10 Å². The van der Waals surface area contributed by atoms with Crippen molar-refractivity contribution in [3.8, 4) is 0 Å². The van der Waals surface area contributed by atoms with Crippen LogP contribution in [0.3, 0.4) is 0 Å². The van der Waals surface area contributed by atoms with Gasteiger partial charge in [0.25, 0.3) is 17.7 Å². The van der Waals surface area contributed by atoms with E-state index in [1.807, 2.05) is 24.4 Å². The summed E-state index contributed by atoms with van der Waals surface area (Å²) in [6.07, 6.45) is 3.60. The molecule has 7 nitrogen and oxygen atoms in total. The van der Waals surface area contributed by atoms with Crippen molar-refractivity contribution in [2.75, 3.05) is 10.2 Å². The highest BCUT2D eigenvalue weighted by Gasteiger charge is 2.36. The van der Waals surface area contributed by atoms with Crippen LogP contribution >= 0.6 is 0 Å². The summed E-state index contributed by atoms with van der Waals surface area (Å²) in [6, 6.07) is 22.5. The predicted octanol–water partition coefficient (Wildman–Crippen LogP) is 3.98. The highest BCUT2D eigenvalue weighted by atomic mass is 16.2. The lowest BCUT2D eigenvalue weighted by Gasteiger charge is -2.15. The van der Waals surface area contributed by atoms with Crippen LogP contribution in [0.1, 0.15) is 36.6 Å². The molecule has 32 heavy (non-hydrogen) atoms. The van der Waals surface area contributed by atoms with Crippen LogP contribution in [0.5, 0.6) is 0 Å². The molecule has 3 aromatic carbocycles. The van der Waals surface area contributed by atoms with Gasteiger partial charge >= 0.3 is 0 Å². The van der Waals surface area contributed by atoms with Crippen LogP contribution in [0, 0.1) is 0 Å². The van der Waals surface area contributed by atoms with E-state index in [1.165, 1.54) is 0 Å². The average molecular weight is 422 g/mol. The summed E-state index contributed by atoms with van der Waals surface area (Å²) in [5.74, 6) is -1.03. The summed E-state index contributed by atoms with van der Waals surface area (Å²) in [4.78, 5) is 39.3. The third kappa shape index (κ3) is 3.56. The fraction of sp³-hybridized carbons (Fsp3) is 0.0400. The van der Waals surface area contributed by atoms with Crippen LogP contribution in [-0.4, -0.2) is 27.5 Å². The number of hydrogen-bond acceptors (Lipinski definition) is 4. The minimum absolute atomic E-state index is 0.282. The number of carbonyl (C=O) groups is 3. The maximum atomic E-state index is 12.7. The van der Waals surface area contributed by atoms with Crippen molar-refractivity contribution in [1.82, 2.24) is 9.78 Å². The van der Waals surface area contributed by atoms with Gasteiger partial charge in [0.05, 0.1) is 23.4 Å². The van der Waals surface area contributed by atoms with E-state index in [-0.39, 0.29) is 17.7 Å². The van der Waals surface area contributed by atoms with E-state index >= 15 is 0 Å². The largest absolute Gasteiger partial charge is 0.322 e. The van der Waals surface area contributed by atoms with Crippen molar-refractivity contribution >= 4 is 29.1 Å². The molecule has 0 bridgehead atoms. The molecule has 0 saturated carbocycles. The number of fused-ring (bicyclic) bond motifs is 1. The average Bonchev–Trinajstić information content (AvgIpc) is 3.41. The van der Waals surface area contributed by atoms with Gasteiger partial charge in [-0.05, 0) is 54.1 Å². The zero-order valence-corrected chi connectivity index (χ0v) is 16.9. The Kier molecular flexibility index (Phi) is 4.84. The Hall–Kier alpha value is -4.52. The summed E-state index contributed by atoms with van der Waals surface area (Å²) in [5.41, 5.74) is 3.18. The Morgan fingerprint density at radius 2 is 1.56 bits per heavy atom. The third-order valence-corrected chi connectivity index (χ3v) is 5.28. The lowest BCUT2D eigenvalue weighted by Crippen LogP contribution is -2.29. The first-order valence-electron chi connectivity index (χ1n) is 10.1. The zero-order chi connectivity index (χ0) is 22.1. The number of hydrogen-bond donors (Lipinski definition) is 1. The molecule has 1 aromatic heterocycles. The summed E-state index contributed by atoms with van der Waals surface area (Å²) in [7, 11) is 0. The number of nitrogens with zero attached hydrogens (tertiary/aromatic N) is 3. The van der Waals surface area contributed by atoms with Crippen LogP contribution < -0.4 is 10.2 Å². The number of aromatic nitrogens is 2. The maximum absolute atomic E-state index is 12.7. The van der Waals surface area contributed by atoms with Gasteiger partial charge in [0, 0.05) is 23.6 Å². The topological polar surface area (TPSA) is 84.3 Å². The molecule has 7 heteroatoms. The number of anilines is 2. The van der Waals surface area contributed by atoms with Crippen LogP contribution in [0.4, 0.5) is 11.4 Å². The molecular weight excluding hydrogens is 404 g/mol. The molecule has 156 valence electrons. The van der Waals surface area contributed by atoms with Crippen molar-refractivity contribution in [3.63, 3.8) is 0 Å². The first-order chi connectivity index (χ1) is 15.6. The van der Waals surface area contributed by atoms with Gasteiger partial charge in [-0.3, -0.25) is 19.1 Å². The summed E-state index contributed by atoms with van der Waals surface area (Å²) >= 11 is 0. The van der Waals surface area contributed by atoms with Gasteiger partial charge in [0.1, 0.15) is 0 Å². The molecule has 0 atom stereocenters. The molecule has 0 aliphatic carbocycles. The van der Waals surface area contributed by atoms with Crippen molar-refractivity contribution in [3.05, 3.63) is 114 Å². The van der Waals surface area contributed by atoms with Gasteiger partial charge in [-0.15, -0.1) is 0 Å². The SMILES string of the molecule is O=C(Nc1cccc(N2C(=O)c3ccccc3C2=O)c1)c1ccc(Cn2cccn2)cc1. The number of amides is 3. The van der Waals surface area contributed by atoms with Gasteiger partial charge in [0.15, 0.2) is 0 Å². The minimum Gasteiger partial charge on any atom is -0.322 e. The molecule has 5 rings (SSSR count). The summed E-state index contributed by atoms with van der Waals surface area (Å²) in [5, 5.41) is 7.01. The quantitative estimate of drug-likeness (QED) is 0.493. The van der Waals surface area contributed by atoms with Crippen molar-refractivity contribution in [1.29, 1.82) is 0 Å². The van der Waals surface area contributed by atoms with E-state index in [2.05, 4.69) is 10.4 Å². The summed E-state index contributed by atoms with van der Waals surface area (Å²) < 4.78 is 1.81. The van der Waals surface area contributed by atoms with Crippen molar-refractivity contribution < 1.29 is 14.4 Å². The van der Waals surface area contributed by atoms with Gasteiger partial charge < -0.3 is 5.32 Å². The van der Waals surface area contributed by atoms with E-state index < -0.39 is 0 Å². The van der Waals surface area contributed by atoms with E-state index in [0.29, 0.717) is 34.6 Å². The van der Waals surface area contributed by atoms with Crippen LogP contribution in [0.2, 0.25) is 0 Å². The molecule has 1 aliphatic rings. The Labute approximate surface area is 183 Å². The van der Waals surface area contributed by atoms with Crippen molar-refractivity contribution in [2.45, 2.75) is 6.54 Å². The fourth-order valence-corrected chi connectivity index (χ4v) is 3.69. The smallest absolute Gasteiger partial charge is 0.266 e. The van der Waals surface area contributed by atoms with E-state index in [4.69, 9.17) is 0 Å². The Bertz CT molecular complexity index is 1290. The predicted molar refractivity (Wildman–Crippen MR) is 120 cm³/mol. The molecule has 2 heterocycles.